The maximum Gasteiger partial charge on any atom is 0.315 e. The molecule has 1 aliphatic rings. The van der Waals surface area contributed by atoms with Crippen molar-refractivity contribution < 1.29 is 9.53 Å². The molecule has 0 radical (unpaired) electrons. The largest absolute Gasteiger partial charge is 0.379 e. The molecular weight excluding hydrogens is 320 g/mol. The predicted octanol–water partition coefficient (Wildman–Crippen LogP) is 0.787. The molecule has 0 saturated carbocycles. The summed E-state index contributed by atoms with van der Waals surface area (Å²) in [6.45, 7) is 6.47. The lowest BCUT2D eigenvalue weighted by atomic mass is 10.3. The van der Waals surface area contributed by atoms with E-state index in [9.17, 15) is 4.79 Å². The van der Waals surface area contributed by atoms with Crippen LogP contribution in [0, 0.1) is 0 Å². The highest BCUT2D eigenvalue weighted by molar-refractivity contribution is 5.74. The van der Waals surface area contributed by atoms with Gasteiger partial charge in [0.2, 0.25) is 0 Å². The van der Waals surface area contributed by atoms with Gasteiger partial charge in [0.1, 0.15) is 6.33 Å². The highest BCUT2D eigenvalue weighted by atomic mass is 16.5. The molecule has 2 heterocycles. The summed E-state index contributed by atoms with van der Waals surface area (Å²) in [7, 11) is 0. The van der Waals surface area contributed by atoms with Gasteiger partial charge in [0.25, 0.3) is 0 Å². The van der Waals surface area contributed by atoms with Gasteiger partial charge in [-0.1, -0.05) is 18.2 Å². The van der Waals surface area contributed by atoms with Crippen LogP contribution in [-0.2, 0) is 11.3 Å². The minimum atomic E-state index is -0.205. The van der Waals surface area contributed by atoms with E-state index in [4.69, 9.17) is 4.74 Å². The van der Waals surface area contributed by atoms with Crippen LogP contribution in [0.2, 0.25) is 0 Å². The number of rotatable bonds is 6. The van der Waals surface area contributed by atoms with Crippen molar-refractivity contribution in [2.45, 2.75) is 19.5 Å². The van der Waals surface area contributed by atoms with E-state index in [0.29, 0.717) is 12.4 Å². The Bertz CT molecular complexity index is 669. The van der Waals surface area contributed by atoms with Crippen molar-refractivity contribution >= 4 is 6.03 Å². The average Bonchev–Trinajstić information content (AvgIpc) is 3.10. The van der Waals surface area contributed by atoms with Crippen LogP contribution in [0.4, 0.5) is 4.79 Å². The summed E-state index contributed by atoms with van der Waals surface area (Å²) in [6.07, 6.45) is 1.64. The first-order valence-corrected chi connectivity index (χ1v) is 8.51. The number of morpholine rings is 1. The number of para-hydroxylation sites is 1. The van der Waals surface area contributed by atoms with Gasteiger partial charge in [0, 0.05) is 31.4 Å². The average molecular weight is 344 g/mol. The number of amides is 2. The van der Waals surface area contributed by atoms with Gasteiger partial charge in [-0.05, 0) is 19.1 Å². The molecule has 1 saturated heterocycles. The van der Waals surface area contributed by atoms with Gasteiger partial charge in [-0.25, -0.2) is 4.79 Å². The number of ether oxygens (including phenoxy) is 1. The zero-order chi connectivity index (χ0) is 17.5. The van der Waals surface area contributed by atoms with E-state index in [-0.39, 0.29) is 12.1 Å². The first-order chi connectivity index (χ1) is 12.2. The van der Waals surface area contributed by atoms with Crippen LogP contribution < -0.4 is 10.6 Å². The third kappa shape index (κ3) is 5.01. The lowest BCUT2D eigenvalue weighted by Crippen LogP contribution is -2.48. The Morgan fingerprint density at radius 3 is 2.80 bits per heavy atom. The lowest BCUT2D eigenvalue weighted by Gasteiger charge is -2.29. The molecule has 1 fully saturated rings. The lowest BCUT2D eigenvalue weighted by molar-refractivity contribution is 0.0349. The number of carbonyl (C=O) groups excluding carboxylic acids is 1. The fourth-order valence-electron chi connectivity index (χ4n) is 2.83. The third-order valence-electron chi connectivity index (χ3n) is 4.07. The molecule has 25 heavy (non-hydrogen) atoms. The summed E-state index contributed by atoms with van der Waals surface area (Å²) >= 11 is 0. The minimum Gasteiger partial charge on any atom is -0.379 e. The zero-order valence-electron chi connectivity index (χ0n) is 14.4. The highest BCUT2D eigenvalue weighted by Gasteiger charge is 2.15. The van der Waals surface area contributed by atoms with Gasteiger partial charge >= 0.3 is 6.03 Å². The molecular formula is C17H24N6O2. The topological polar surface area (TPSA) is 84.3 Å². The normalized spacial score (nSPS) is 16.4. The summed E-state index contributed by atoms with van der Waals surface area (Å²) < 4.78 is 7.19. The number of hydrogen-bond donors (Lipinski definition) is 2. The molecule has 0 aliphatic carbocycles. The Morgan fingerprint density at radius 2 is 2.04 bits per heavy atom. The number of hydrogen-bond acceptors (Lipinski definition) is 5. The summed E-state index contributed by atoms with van der Waals surface area (Å²) in [5.74, 6) is 0.683. The summed E-state index contributed by atoms with van der Waals surface area (Å²) in [5.41, 5.74) is 0.963. The molecule has 3 rings (SSSR count). The van der Waals surface area contributed by atoms with E-state index >= 15 is 0 Å². The van der Waals surface area contributed by atoms with Gasteiger partial charge in [-0.2, -0.15) is 0 Å². The van der Waals surface area contributed by atoms with Crippen LogP contribution in [0.3, 0.4) is 0 Å². The maximum absolute atomic E-state index is 12.1. The van der Waals surface area contributed by atoms with Crippen LogP contribution in [0.15, 0.2) is 36.7 Å². The van der Waals surface area contributed by atoms with Crippen LogP contribution in [0.5, 0.6) is 0 Å². The van der Waals surface area contributed by atoms with Crippen molar-refractivity contribution in [1.29, 1.82) is 0 Å². The van der Waals surface area contributed by atoms with Crippen LogP contribution in [-0.4, -0.2) is 64.6 Å². The molecule has 0 spiro atoms. The summed E-state index contributed by atoms with van der Waals surface area (Å²) in [6, 6.07) is 9.65. The predicted molar refractivity (Wildman–Crippen MR) is 93.5 cm³/mol. The number of carbonyl (C=O) groups is 1. The molecule has 8 nitrogen and oxygen atoms in total. The zero-order valence-corrected chi connectivity index (χ0v) is 14.4. The summed E-state index contributed by atoms with van der Waals surface area (Å²) in [5, 5.41) is 13.8. The number of urea groups is 1. The first-order valence-electron chi connectivity index (χ1n) is 8.51. The van der Waals surface area contributed by atoms with E-state index in [1.807, 2.05) is 41.8 Å². The van der Waals surface area contributed by atoms with Crippen molar-refractivity contribution in [3.8, 4) is 5.69 Å². The van der Waals surface area contributed by atoms with E-state index in [2.05, 4.69) is 25.7 Å². The Balaban J connectivity index is 1.47. The van der Waals surface area contributed by atoms with Gasteiger partial charge < -0.3 is 15.4 Å². The maximum atomic E-state index is 12.1. The Labute approximate surface area is 147 Å². The van der Waals surface area contributed by atoms with E-state index < -0.39 is 0 Å². The Morgan fingerprint density at radius 1 is 1.28 bits per heavy atom. The van der Waals surface area contributed by atoms with E-state index in [1.165, 1.54) is 0 Å². The Hall–Kier alpha value is -2.45. The second-order valence-corrected chi connectivity index (χ2v) is 6.09. The van der Waals surface area contributed by atoms with Crippen LogP contribution in [0.25, 0.3) is 5.69 Å². The van der Waals surface area contributed by atoms with Gasteiger partial charge in [-0.15, -0.1) is 10.2 Å². The molecule has 2 N–H and O–H groups in total. The fourth-order valence-corrected chi connectivity index (χ4v) is 2.83. The van der Waals surface area contributed by atoms with E-state index in [1.54, 1.807) is 6.33 Å². The van der Waals surface area contributed by atoms with Crippen molar-refractivity contribution in [3.63, 3.8) is 0 Å². The molecule has 1 atom stereocenters. The molecule has 8 heteroatoms. The number of nitrogens with zero attached hydrogens (tertiary/aromatic N) is 4. The van der Waals surface area contributed by atoms with Crippen molar-refractivity contribution in [3.05, 3.63) is 42.5 Å². The molecule has 0 bridgehead atoms. The number of nitrogens with one attached hydrogen (secondary N) is 2. The van der Waals surface area contributed by atoms with Gasteiger partial charge in [0.05, 0.1) is 19.8 Å². The molecule has 1 aliphatic heterocycles. The standard InChI is InChI=1S/C17H24N6O2/c1-14(12-22-7-9-25-10-8-22)20-17(24)18-11-16-21-19-13-23(16)15-5-3-2-4-6-15/h2-6,13-14H,7-12H2,1H3,(H2,18,20,24)/t14-/m0/s1. The third-order valence-corrected chi connectivity index (χ3v) is 4.07. The van der Waals surface area contributed by atoms with Gasteiger partial charge in [0.15, 0.2) is 5.82 Å². The van der Waals surface area contributed by atoms with Crippen LogP contribution >= 0.6 is 0 Å². The van der Waals surface area contributed by atoms with Crippen molar-refractivity contribution in [2.24, 2.45) is 0 Å². The SMILES string of the molecule is C[C@@H](CN1CCOCC1)NC(=O)NCc1nncn1-c1ccccc1. The molecule has 0 unspecified atom stereocenters. The first kappa shape index (κ1) is 17.4. The second kappa shape index (κ2) is 8.59. The number of aromatic nitrogens is 3. The fraction of sp³-hybridized carbons (Fsp3) is 0.471. The molecule has 134 valence electrons. The van der Waals surface area contributed by atoms with Crippen molar-refractivity contribution in [2.75, 3.05) is 32.8 Å². The molecule has 1 aromatic heterocycles. The smallest absolute Gasteiger partial charge is 0.315 e. The van der Waals surface area contributed by atoms with Gasteiger partial charge in [-0.3, -0.25) is 9.47 Å². The minimum absolute atomic E-state index is 0.0603. The molecule has 1 aromatic carbocycles. The highest BCUT2D eigenvalue weighted by Crippen LogP contribution is 2.08. The molecule has 2 aromatic rings. The van der Waals surface area contributed by atoms with Crippen LogP contribution in [0.1, 0.15) is 12.7 Å². The quantitative estimate of drug-likeness (QED) is 0.809. The van der Waals surface area contributed by atoms with E-state index in [0.717, 1.165) is 38.5 Å². The number of benzene rings is 1. The molecule has 2 amide bonds. The Kier molecular flexibility index (Phi) is 5.97. The summed E-state index contributed by atoms with van der Waals surface area (Å²) in [4.78, 5) is 14.4. The van der Waals surface area contributed by atoms with Crippen molar-refractivity contribution in [1.82, 2.24) is 30.3 Å². The monoisotopic (exact) mass is 344 g/mol. The second-order valence-electron chi connectivity index (χ2n) is 6.09.